The van der Waals surface area contributed by atoms with E-state index >= 15 is 0 Å². The lowest BCUT2D eigenvalue weighted by molar-refractivity contribution is -0.239. The molecule has 1 aliphatic carbocycles. The average molecular weight is 317 g/mol. The van der Waals surface area contributed by atoms with Gasteiger partial charge in [0.15, 0.2) is 0 Å². The summed E-state index contributed by atoms with van der Waals surface area (Å²) < 4.78 is 6.65. The fraction of sp³-hybridized carbons (Fsp3) is 1.00. The Morgan fingerprint density at radius 3 is 2.50 bits per heavy atom. The van der Waals surface area contributed by atoms with Crippen molar-refractivity contribution in [2.75, 3.05) is 0 Å². The highest BCUT2D eigenvalue weighted by Gasteiger charge is 2.72. The first-order chi connectivity index (χ1) is 8.27. The zero-order chi connectivity index (χ0) is 13.3. The summed E-state index contributed by atoms with van der Waals surface area (Å²) in [7, 11) is 0. The van der Waals surface area contributed by atoms with E-state index in [1.807, 2.05) is 0 Å². The van der Waals surface area contributed by atoms with Gasteiger partial charge >= 0.3 is 0 Å². The van der Waals surface area contributed by atoms with Gasteiger partial charge in [-0.1, -0.05) is 36.7 Å². The molecular formula is C15H25BrO2. The molecule has 18 heavy (non-hydrogen) atoms. The van der Waals surface area contributed by atoms with Crippen LogP contribution in [0.25, 0.3) is 0 Å². The van der Waals surface area contributed by atoms with Gasteiger partial charge in [0, 0.05) is 5.41 Å². The molecule has 2 saturated heterocycles. The molecule has 6 atom stereocenters. The molecule has 2 bridgehead atoms. The van der Waals surface area contributed by atoms with Gasteiger partial charge < -0.3 is 9.84 Å². The van der Waals surface area contributed by atoms with Crippen molar-refractivity contribution in [2.24, 2.45) is 17.3 Å². The monoisotopic (exact) mass is 316 g/mol. The molecule has 0 amide bonds. The Labute approximate surface area is 119 Å². The molecular weight excluding hydrogens is 292 g/mol. The zero-order valence-corrected chi connectivity index (χ0v) is 13.5. The van der Waals surface area contributed by atoms with Crippen LogP contribution in [-0.4, -0.2) is 27.2 Å². The van der Waals surface area contributed by atoms with Crippen LogP contribution in [-0.2, 0) is 4.74 Å². The van der Waals surface area contributed by atoms with E-state index in [2.05, 4.69) is 43.6 Å². The van der Waals surface area contributed by atoms with E-state index in [1.165, 1.54) is 6.42 Å². The smallest absolute Gasteiger partial charge is 0.0813 e. The molecule has 2 aliphatic heterocycles. The van der Waals surface area contributed by atoms with Crippen LogP contribution in [0.1, 0.15) is 53.4 Å². The standard InChI is InChI=1S/C15H25BrO2/c1-9(2)10-5-6-13(3)12(17)11(16)14(4)7-8-15(10,13)18-14/h9-12,17H,5-8H2,1-4H3/t10-,11+,12-,13+,14+,15+/m1/s1. The topological polar surface area (TPSA) is 29.5 Å². The van der Waals surface area contributed by atoms with Crippen LogP contribution in [0.5, 0.6) is 0 Å². The minimum absolute atomic E-state index is 0.0662. The Kier molecular flexibility index (Phi) is 2.78. The Morgan fingerprint density at radius 1 is 1.22 bits per heavy atom. The predicted molar refractivity (Wildman–Crippen MR) is 75.8 cm³/mol. The van der Waals surface area contributed by atoms with Crippen molar-refractivity contribution < 1.29 is 9.84 Å². The maximum absolute atomic E-state index is 10.8. The number of alkyl halides is 1. The van der Waals surface area contributed by atoms with Crippen molar-refractivity contribution in [1.82, 2.24) is 0 Å². The minimum Gasteiger partial charge on any atom is -0.391 e. The van der Waals surface area contributed by atoms with Crippen LogP contribution in [0.15, 0.2) is 0 Å². The SMILES string of the molecule is CC(C)[C@H]1CC[C@@]2(C)[C@H](O)[C@H](Br)[C@]3(C)CC[C@]12O3. The van der Waals surface area contributed by atoms with Crippen LogP contribution in [0.2, 0.25) is 0 Å². The first-order valence-corrected chi connectivity index (χ1v) is 8.21. The van der Waals surface area contributed by atoms with Gasteiger partial charge in [0.1, 0.15) is 0 Å². The minimum atomic E-state index is -0.289. The first-order valence-electron chi connectivity index (χ1n) is 7.29. The van der Waals surface area contributed by atoms with Crippen LogP contribution >= 0.6 is 15.9 Å². The van der Waals surface area contributed by atoms with Crippen LogP contribution in [0.4, 0.5) is 0 Å². The summed E-state index contributed by atoms with van der Waals surface area (Å²) in [6, 6.07) is 0. The maximum Gasteiger partial charge on any atom is 0.0813 e. The summed E-state index contributed by atoms with van der Waals surface area (Å²) >= 11 is 3.71. The number of hydrogen-bond acceptors (Lipinski definition) is 2. The summed E-state index contributed by atoms with van der Waals surface area (Å²) in [5, 5.41) is 10.8. The molecule has 2 heterocycles. The van der Waals surface area contributed by atoms with Crippen LogP contribution in [0, 0.1) is 17.3 Å². The number of aliphatic hydroxyl groups excluding tert-OH is 1. The predicted octanol–water partition coefficient (Wildman–Crippen LogP) is 3.50. The second-order valence-corrected chi connectivity index (χ2v) is 8.44. The van der Waals surface area contributed by atoms with Gasteiger partial charge in [-0.3, -0.25) is 0 Å². The highest BCUT2D eigenvalue weighted by Crippen LogP contribution is 2.68. The second kappa shape index (κ2) is 3.73. The Morgan fingerprint density at radius 2 is 1.89 bits per heavy atom. The lowest BCUT2D eigenvalue weighted by Gasteiger charge is -2.55. The summed E-state index contributed by atoms with van der Waals surface area (Å²) in [6.45, 7) is 9.02. The van der Waals surface area contributed by atoms with Crippen molar-refractivity contribution in [1.29, 1.82) is 0 Å². The second-order valence-electron chi connectivity index (χ2n) is 7.46. The third kappa shape index (κ3) is 1.31. The highest BCUT2D eigenvalue weighted by molar-refractivity contribution is 9.09. The molecule has 2 nitrogen and oxygen atoms in total. The van der Waals surface area contributed by atoms with Gasteiger partial charge in [-0.2, -0.15) is 0 Å². The fourth-order valence-corrected chi connectivity index (χ4v) is 5.97. The molecule has 1 saturated carbocycles. The van der Waals surface area contributed by atoms with E-state index in [4.69, 9.17) is 4.74 Å². The van der Waals surface area contributed by atoms with Crippen LogP contribution in [0.3, 0.4) is 0 Å². The lowest BCUT2D eigenvalue weighted by atomic mass is 9.65. The van der Waals surface area contributed by atoms with Crippen molar-refractivity contribution in [3.8, 4) is 0 Å². The van der Waals surface area contributed by atoms with Gasteiger partial charge in [0.25, 0.3) is 0 Å². The van der Waals surface area contributed by atoms with Crippen molar-refractivity contribution in [3.05, 3.63) is 0 Å². The van der Waals surface area contributed by atoms with Crippen molar-refractivity contribution in [2.45, 2.75) is 75.5 Å². The molecule has 1 N–H and O–H groups in total. The number of halogens is 1. The molecule has 0 aromatic rings. The molecule has 0 aromatic heterocycles. The zero-order valence-electron chi connectivity index (χ0n) is 11.9. The van der Waals surface area contributed by atoms with E-state index < -0.39 is 0 Å². The summed E-state index contributed by atoms with van der Waals surface area (Å²) in [4.78, 5) is 0.0662. The molecule has 0 aromatic carbocycles. The third-order valence-electron chi connectivity index (χ3n) is 6.27. The largest absolute Gasteiger partial charge is 0.391 e. The van der Waals surface area contributed by atoms with Gasteiger partial charge in [0.05, 0.1) is 22.1 Å². The molecule has 3 heteroatoms. The molecule has 3 aliphatic rings. The van der Waals surface area contributed by atoms with E-state index in [9.17, 15) is 5.11 Å². The number of fused-ring (bicyclic) bond motifs is 1. The molecule has 0 unspecified atom stereocenters. The summed E-state index contributed by atoms with van der Waals surface area (Å²) in [5.74, 6) is 1.23. The quantitative estimate of drug-likeness (QED) is 0.750. The average Bonchev–Trinajstić information content (AvgIpc) is 2.78. The fourth-order valence-electron chi connectivity index (χ4n) is 5.06. The van der Waals surface area contributed by atoms with Gasteiger partial charge in [-0.15, -0.1) is 0 Å². The normalized spacial score (nSPS) is 59.2. The van der Waals surface area contributed by atoms with Crippen molar-refractivity contribution in [3.63, 3.8) is 0 Å². The van der Waals surface area contributed by atoms with Gasteiger partial charge in [0.2, 0.25) is 0 Å². The van der Waals surface area contributed by atoms with E-state index in [0.717, 1.165) is 19.3 Å². The Hall–Kier alpha value is 0.400. The Balaban J connectivity index is 2.09. The van der Waals surface area contributed by atoms with Gasteiger partial charge in [-0.05, 0) is 44.4 Å². The third-order valence-corrected chi connectivity index (χ3v) is 7.74. The molecule has 104 valence electrons. The van der Waals surface area contributed by atoms with Crippen molar-refractivity contribution >= 4 is 15.9 Å². The number of hydrogen-bond donors (Lipinski definition) is 1. The molecule has 0 radical (unpaired) electrons. The first kappa shape index (κ1) is 13.4. The number of rotatable bonds is 1. The number of ether oxygens (including phenoxy) is 1. The lowest BCUT2D eigenvalue weighted by Crippen LogP contribution is -2.64. The molecule has 3 rings (SSSR count). The van der Waals surface area contributed by atoms with Crippen LogP contribution < -0.4 is 0 Å². The van der Waals surface area contributed by atoms with E-state index in [1.54, 1.807) is 0 Å². The highest BCUT2D eigenvalue weighted by atomic mass is 79.9. The van der Waals surface area contributed by atoms with E-state index in [-0.39, 0.29) is 27.5 Å². The summed E-state index contributed by atoms with van der Waals surface area (Å²) in [5.41, 5.74) is -0.345. The summed E-state index contributed by atoms with van der Waals surface area (Å²) in [6.07, 6.45) is 4.18. The number of aliphatic hydroxyl groups is 1. The Bertz CT molecular complexity index is 372. The van der Waals surface area contributed by atoms with E-state index in [0.29, 0.717) is 11.8 Å². The maximum atomic E-state index is 10.8. The molecule has 3 fully saturated rings. The van der Waals surface area contributed by atoms with Gasteiger partial charge in [-0.25, -0.2) is 0 Å². The molecule has 1 spiro atoms.